The molecule has 3 aromatic heterocycles. The van der Waals surface area contributed by atoms with Gasteiger partial charge >= 0.3 is 0 Å². The Labute approximate surface area is 209 Å². The van der Waals surface area contributed by atoms with Crippen LogP contribution in [0.5, 0.6) is 0 Å². The van der Waals surface area contributed by atoms with Crippen LogP contribution in [-0.4, -0.2) is 47.2 Å². The number of aromatic nitrogens is 4. The lowest BCUT2D eigenvalue weighted by Crippen LogP contribution is -2.31. The Morgan fingerprint density at radius 1 is 1.06 bits per heavy atom. The molecule has 0 saturated carbocycles. The highest BCUT2D eigenvalue weighted by Gasteiger charge is 2.46. The van der Waals surface area contributed by atoms with Gasteiger partial charge in [0.05, 0.1) is 23.6 Å². The molecule has 1 aliphatic heterocycles. The molecule has 8 heteroatoms. The first-order valence-electron chi connectivity index (χ1n) is 12.1. The standard InChI is InChI=1S/C28H29N5O3/c1-18(2)20-8-10-21(11-9-20)25-23(26(34)24-19(3)30-22-7-4-5-14-32(22)24)27(35)28(36)33(25)15-6-13-31-16-12-29-17-31/h4-5,7-12,14,16-18,25,34H,6,13,15H2,1-3H3/t25-/m0/s1. The topological polar surface area (TPSA) is 92.7 Å². The number of benzene rings is 1. The van der Waals surface area contributed by atoms with Gasteiger partial charge in [-0.05, 0) is 42.5 Å². The van der Waals surface area contributed by atoms with Crippen LogP contribution in [0.2, 0.25) is 0 Å². The van der Waals surface area contributed by atoms with Crippen molar-refractivity contribution in [2.75, 3.05) is 6.54 Å². The average molecular weight is 484 g/mol. The van der Waals surface area contributed by atoms with Crippen LogP contribution in [0.3, 0.4) is 0 Å². The number of amides is 1. The maximum atomic E-state index is 13.4. The smallest absolute Gasteiger partial charge is 0.295 e. The summed E-state index contributed by atoms with van der Waals surface area (Å²) >= 11 is 0. The molecule has 0 spiro atoms. The van der Waals surface area contributed by atoms with Gasteiger partial charge < -0.3 is 14.6 Å². The van der Waals surface area contributed by atoms with E-state index in [1.165, 1.54) is 0 Å². The van der Waals surface area contributed by atoms with E-state index in [2.05, 4.69) is 23.8 Å². The summed E-state index contributed by atoms with van der Waals surface area (Å²) in [7, 11) is 0. The molecule has 1 aromatic carbocycles. The molecule has 0 aliphatic carbocycles. The number of carbonyl (C=O) groups excluding carboxylic acids is 2. The van der Waals surface area contributed by atoms with E-state index in [1.807, 2.05) is 53.2 Å². The first-order valence-corrected chi connectivity index (χ1v) is 12.1. The van der Waals surface area contributed by atoms with Crippen molar-refractivity contribution in [1.29, 1.82) is 0 Å². The molecule has 36 heavy (non-hydrogen) atoms. The third-order valence-corrected chi connectivity index (χ3v) is 6.76. The molecular formula is C28H29N5O3. The summed E-state index contributed by atoms with van der Waals surface area (Å²) < 4.78 is 3.68. The van der Waals surface area contributed by atoms with E-state index in [0.29, 0.717) is 42.5 Å². The van der Waals surface area contributed by atoms with Gasteiger partial charge in [0, 0.05) is 31.7 Å². The Hall–Kier alpha value is -4.20. The van der Waals surface area contributed by atoms with Crippen LogP contribution in [0.25, 0.3) is 11.4 Å². The monoisotopic (exact) mass is 483 g/mol. The van der Waals surface area contributed by atoms with Crippen molar-refractivity contribution >= 4 is 23.1 Å². The van der Waals surface area contributed by atoms with E-state index in [1.54, 1.807) is 34.9 Å². The molecule has 4 aromatic rings. The third kappa shape index (κ3) is 4.08. The summed E-state index contributed by atoms with van der Waals surface area (Å²) in [5.41, 5.74) is 3.70. The predicted octanol–water partition coefficient (Wildman–Crippen LogP) is 4.47. The van der Waals surface area contributed by atoms with Crippen LogP contribution in [0.4, 0.5) is 0 Å². The van der Waals surface area contributed by atoms with Crippen molar-refractivity contribution in [3.05, 3.63) is 95.5 Å². The van der Waals surface area contributed by atoms with E-state index in [-0.39, 0.29) is 11.3 Å². The van der Waals surface area contributed by atoms with Gasteiger partial charge in [-0.3, -0.25) is 14.0 Å². The molecule has 0 radical (unpaired) electrons. The molecule has 1 atom stereocenters. The fourth-order valence-electron chi connectivity index (χ4n) is 4.89. The number of carbonyl (C=O) groups is 2. The second-order valence-electron chi connectivity index (χ2n) is 9.44. The second kappa shape index (κ2) is 9.45. The fourth-order valence-corrected chi connectivity index (χ4v) is 4.89. The number of hydrogen-bond acceptors (Lipinski definition) is 5. The van der Waals surface area contributed by atoms with Gasteiger partial charge in [-0.1, -0.05) is 44.2 Å². The summed E-state index contributed by atoms with van der Waals surface area (Å²) in [6.07, 6.45) is 7.73. The van der Waals surface area contributed by atoms with E-state index in [4.69, 9.17) is 0 Å². The molecule has 1 saturated heterocycles. The number of imidazole rings is 2. The zero-order valence-corrected chi connectivity index (χ0v) is 20.6. The Balaban J connectivity index is 1.60. The fraction of sp³-hybridized carbons (Fsp3) is 0.286. The zero-order chi connectivity index (χ0) is 25.4. The van der Waals surface area contributed by atoms with Crippen LogP contribution < -0.4 is 0 Å². The molecular weight excluding hydrogens is 454 g/mol. The van der Waals surface area contributed by atoms with E-state index < -0.39 is 17.7 Å². The first-order chi connectivity index (χ1) is 17.4. The highest BCUT2D eigenvalue weighted by atomic mass is 16.3. The molecule has 4 heterocycles. The van der Waals surface area contributed by atoms with Gasteiger partial charge in [-0.25, -0.2) is 9.97 Å². The molecule has 1 amide bonds. The molecule has 8 nitrogen and oxygen atoms in total. The van der Waals surface area contributed by atoms with Gasteiger partial charge in [-0.2, -0.15) is 0 Å². The van der Waals surface area contributed by atoms with Crippen molar-refractivity contribution in [2.45, 2.75) is 45.7 Å². The Kier molecular flexibility index (Phi) is 6.18. The highest BCUT2D eigenvalue weighted by molar-refractivity contribution is 6.46. The Morgan fingerprint density at radius 3 is 2.53 bits per heavy atom. The largest absolute Gasteiger partial charge is 0.505 e. The van der Waals surface area contributed by atoms with Crippen molar-refractivity contribution in [3.8, 4) is 0 Å². The zero-order valence-electron chi connectivity index (χ0n) is 20.6. The number of rotatable bonds is 7. The lowest BCUT2D eigenvalue weighted by atomic mass is 9.93. The van der Waals surface area contributed by atoms with Crippen LogP contribution in [0.15, 0.2) is 73.0 Å². The first kappa shape index (κ1) is 23.5. The van der Waals surface area contributed by atoms with Crippen LogP contribution in [0.1, 0.15) is 54.7 Å². The second-order valence-corrected chi connectivity index (χ2v) is 9.44. The molecule has 184 valence electrons. The third-order valence-electron chi connectivity index (χ3n) is 6.76. The number of Topliss-reactive ketones (excluding diaryl/α,β-unsaturated/α-hetero) is 1. The number of aryl methyl sites for hydroxylation is 2. The molecule has 0 bridgehead atoms. The average Bonchev–Trinajstić information content (AvgIpc) is 3.56. The van der Waals surface area contributed by atoms with Crippen molar-refractivity contribution in [3.63, 3.8) is 0 Å². The quantitative estimate of drug-likeness (QED) is 0.238. The summed E-state index contributed by atoms with van der Waals surface area (Å²) in [4.78, 5) is 36.8. The number of aliphatic hydroxyl groups is 1. The van der Waals surface area contributed by atoms with Crippen molar-refractivity contribution in [2.24, 2.45) is 0 Å². The van der Waals surface area contributed by atoms with Gasteiger partial charge in [0.25, 0.3) is 11.7 Å². The normalized spacial score (nSPS) is 17.6. The number of aliphatic hydroxyl groups excluding tert-OH is 1. The van der Waals surface area contributed by atoms with Gasteiger partial charge in [-0.15, -0.1) is 0 Å². The minimum atomic E-state index is -0.692. The van der Waals surface area contributed by atoms with Crippen LogP contribution in [-0.2, 0) is 16.1 Å². The number of fused-ring (bicyclic) bond motifs is 1. The summed E-state index contributed by atoms with van der Waals surface area (Å²) in [5, 5.41) is 11.6. The van der Waals surface area contributed by atoms with Gasteiger partial charge in [0.1, 0.15) is 11.3 Å². The number of hydrogen-bond donors (Lipinski definition) is 1. The van der Waals surface area contributed by atoms with Crippen LogP contribution >= 0.6 is 0 Å². The summed E-state index contributed by atoms with van der Waals surface area (Å²) in [6.45, 7) is 7.04. The maximum Gasteiger partial charge on any atom is 0.295 e. The lowest BCUT2D eigenvalue weighted by molar-refractivity contribution is -0.139. The number of likely N-dealkylation sites (tertiary alicyclic amines) is 1. The number of pyridine rings is 1. The molecule has 0 unspecified atom stereocenters. The van der Waals surface area contributed by atoms with Crippen molar-refractivity contribution < 1.29 is 14.7 Å². The SMILES string of the molecule is Cc1nc2ccccn2c1C(O)=C1C(=O)C(=O)N(CCCn2ccnc2)[C@H]1c1ccc(C(C)C)cc1. The molecule has 1 fully saturated rings. The Bertz CT molecular complexity index is 1450. The maximum absolute atomic E-state index is 13.4. The lowest BCUT2D eigenvalue weighted by Gasteiger charge is -2.25. The van der Waals surface area contributed by atoms with Crippen molar-refractivity contribution in [1.82, 2.24) is 23.8 Å². The van der Waals surface area contributed by atoms with E-state index in [0.717, 1.165) is 11.1 Å². The predicted molar refractivity (Wildman–Crippen MR) is 136 cm³/mol. The summed E-state index contributed by atoms with van der Waals surface area (Å²) in [5.74, 6) is -1.15. The molecule has 1 aliphatic rings. The van der Waals surface area contributed by atoms with Crippen LogP contribution in [0, 0.1) is 6.92 Å². The molecule has 5 rings (SSSR count). The Morgan fingerprint density at radius 2 is 1.83 bits per heavy atom. The van der Waals surface area contributed by atoms with E-state index >= 15 is 0 Å². The minimum Gasteiger partial charge on any atom is -0.505 e. The summed E-state index contributed by atoms with van der Waals surface area (Å²) in [6, 6.07) is 12.8. The van der Waals surface area contributed by atoms with Gasteiger partial charge in [0.15, 0.2) is 5.76 Å². The highest BCUT2D eigenvalue weighted by Crippen LogP contribution is 2.40. The number of ketones is 1. The number of nitrogens with zero attached hydrogens (tertiary/aromatic N) is 5. The van der Waals surface area contributed by atoms with Gasteiger partial charge in [0.2, 0.25) is 0 Å². The van der Waals surface area contributed by atoms with E-state index in [9.17, 15) is 14.7 Å². The molecule has 1 N–H and O–H groups in total. The minimum absolute atomic E-state index is 0.0914.